The van der Waals surface area contributed by atoms with Gasteiger partial charge in [-0.05, 0) is 71.5 Å². The van der Waals surface area contributed by atoms with Crippen molar-refractivity contribution < 1.29 is 28.5 Å². The number of ether oxygens (including phenoxy) is 4. The molecule has 0 radical (unpaired) electrons. The molecule has 3 aromatic carbocycles. The maximum Gasteiger partial charge on any atom is 0.325 e. The summed E-state index contributed by atoms with van der Waals surface area (Å²) in [7, 11) is 5.99. The molecular weight excluding hydrogens is 468 g/mol. The van der Waals surface area contributed by atoms with Crippen molar-refractivity contribution in [2.24, 2.45) is 0 Å². The molecule has 0 unspecified atom stereocenters. The molecular formula is C26H24N2O6S. The predicted molar refractivity (Wildman–Crippen MR) is 137 cm³/mol. The van der Waals surface area contributed by atoms with E-state index in [2.05, 4.69) is 0 Å². The second-order valence-corrected chi connectivity index (χ2v) is 7.95. The van der Waals surface area contributed by atoms with Crippen molar-refractivity contribution in [2.75, 3.05) is 39.9 Å². The molecule has 1 amide bonds. The monoisotopic (exact) mass is 492 g/mol. The Morgan fingerprint density at radius 3 is 2.20 bits per heavy atom. The molecule has 4 rings (SSSR count). The van der Waals surface area contributed by atoms with Gasteiger partial charge in [0.25, 0.3) is 5.91 Å². The number of benzene rings is 3. The van der Waals surface area contributed by atoms with Gasteiger partial charge in [-0.3, -0.25) is 14.5 Å². The van der Waals surface area contributed by atoms with Crippen LogP contribution in [0.4, 0.5) is 5.69 Å². The van der Waals surface area contributed by atoms with E-state index in [0.29, 0.717) is 28.5 Å². The average Bonchev–Trinajstić information content (AvgIpc) is 3.12. The van der Waals surface area contributed by atoms with Gasteiger partial charge in [-0.1, -0.05) is 12.1 Å². The lowest BCUT2D eigenvalue weighted by molar-refractivity contribution is -0.140. The lowest BCUT2D eigenvalue weighted by atomic mass is 10.0. The highest BCUT2D eigenvalue weighted by molar-refractivity contribution is 7.80. The largest absolute Gasteiger partial charge is 0.497 e. The zero-order chi connectivity index (χ0) is 25.1. The van der Waals surface area contributed by atoms with E-state index in [1.54, 1.807) is 51.7 Å². The highest BCUT2D eigenvalue weighted by atomic mass is 32.1. The molecule has 1 saturated heterocycles. The van der Waals surface area contributed by atoms with E-state index in [0.717, 1.165) is 10.8 Å². The fourth-order valence-electron chi connectivity index (χ4n) is 3.88. The summed E-state index contributed by atoms with van der Waals surface area (Å²) in [6, 6.07) is 16.3. The van der Waals surface area contributed by atoms with Gasteiger partial charge in [-0.25, -0.2) is 0 Å². The standard InChI is InChI=1S/C26H24N2O6S/c1-31-18-10-7-17(8-11-18)28-25(30)22(27(26(28)35)15-24(29)34-4)14-21-20-13-19(32-2)9-5-16(20)6-12-23(21)33-3/h5-14H,15H2,1-4H3/b22-14-. The van der Waals surface area contributed by atoms with Crippen LogP contribution in [0.5, 0.6) is 17.2 Å². The Balaban J connectivity index is 1.89. The van der Waals surface area contributed by atoms with Gasteiger partial charge >= 0.3 is 5.97 Å². The third kappa shape index (κ3) is 4.50. The molecule has 8 nitrogen and oxygen atoms in total. The van der Waals surface area contributed by atoms with Crippen molar-refractivity contribution in [2.45, 2.75) is 0 Å². The molecule has 9 heteroatoms. The topological polar surface area (TPSA) is 77.5 Å². The summed E-state index contributed by atoms with van der Waals surface area (Å²) in [6.07, 6.45) is 1.68. The zero-order valence-corrected chi connectivity index (χ0v) is 20.5. The summed E-state index contributed by atoms with van der Waals surface area (Å²) in [4.78, 5) is 28.8. The van der Waals surface area contributed by atoms with Crippen molar-refractivity contribution in [1.82, 2.24) is 4.90 Å². The minimum atomic E-state index is -0.533. The Kier molecular flexibility index (Phi) is 6.88. The van der Waals surface area contributed by atoms with Crippen molar-refractivity contribution >= 4 is 51.7 Å². The van der Waals surface area contributed by atoms with Gasteiger partial charge in [0, 0.05) is 5.56 Å². The van der Waals surface area contributed by atoms with Crippen molar-refractivity contribution in [3.63, 3.8) is 0 Å². The maximum atomic E-state index is 13.7. The third-order valence-electron chi connectivity index (χ3n) is 5.71. The van der Waals surface area contributed by atoms with Crippen LogP contribution in [0.25, 0.3) is 16.8 Å². The van der Waals surface area contributed by atoms with Gasteiger partial charge in [0.15, 0.2) is 5.11 Å². The molecule has 0 atom stereocenters. The van der Waals surface area contributed by atoms with Crippen LogP contribution in [-0.2, 0) is 14.3 Å². The maximum absolute atomic E-state index is 13.7. The molecule has 1 fully saturated rings. The number of hydrogen-bond acceptors (Lipinski definition) is 7. The number of amides is 1. The number of carbonyl (C=O) groups excluding carboxylic acids is 2. The van der Waals surface area contributed by atoms with Crippen LogP contribution in [0.3, 0.4) is 0 Å². The SMILES string of the molecule is COC(=O)CN1C(=S)N(c2ccc(OC)cc2)C(=O)/C1=C/c1c(OC)ccc2ccc(OC)cc12. The van der Waals surface area contributed by atoms with E-state index >= 15 is 0 Å². The number of hydrogen-bond donors (Lipinski definition) is 0. The third-order valence-corrected chi connectivity index (χ3v) is 6.11. The minimum absolute atomic E-state index is 0.161. The molecule has 35 heavy (non-hydrogen) atoms. The van der Waals surface area contributed by atoms with E-state index in [-0.39, 0.29) is 23.3 Å². The van der Waals surface area contributed by atoms with Crippen LogP contribution in [0, 0.1) is 0 Å². The van der Waals surface area contributed by atoms with Gasteiger partial charge in [0.1, 0.15) is 29.5 Å². The molecule has 0 N–H and O–H groups in total. The first-order valence-corrected chi connectivity index (χ1v) is 11.1. The number of nitrogens with zero attached hydrogens (tertiary/aromatic N) is 2. The van der Waals surface area contributed by atoms with Crippen molar-refractivity contribution in [1.29, 1.82) is 0 Å². The summed E-state index contributed by atoms with van der Waals surface area (Å²) < 4.78 is 21.1. The van der Waals surface area contributed by atoms with E-state index in [4.69, 9.17) is 31.2 Å². The first-order chi connectivity index (χ1) is 16.9. The van der Waals surface area contributed by atoms with Crippen LogP contribution in [-0.4, -0.2) is 56.9 Å². The lowest BCUT2D eigenvalue weighted by Crippen LogP contribution is -2.35. The van der Waals surface area contributed by atoms with Crippen molar-refractivity contribution in [3.8, 4) is 17.2 Å². The van der Waals surface area contributed by atoms with Gasteiger partial charge < -0.3 is 23.8 Å². The smallest absolute Gasteiger partial charge is 0.325 e. The van der Waals surface area contributed by atoms with Gasteiger partial charge in [0.05, 0.1) is 34.1 Å². The van der Waals surface area contributed by atoms with E-state index in [1.165, 1.54) is 16.9 Å². The fourth-order valence-corrected chi connectivity index (χ4v) is 4.23. The predicted octanol–water partition coefficient (Wildman–Crippen LogP) is 4.01. The summed E-state index contributed by atoms with van der Waals surface area (Å²) in [5, 5.41) is 1.91. The lowest BCUT2D eigenvalue weighted by Gasteiger charge is -2.19. The average molecular weight is 493 g/mol. The second kappa shape index (κ2) is 10.0. The van der Waals surface area contributed by atoms with Crippen LogP contribution in [0.15, 0.2) is 60.3 Å². The van der Waals surface area contributed by atoms with Gasteiger partial charge in [-0.2, -0.15) is 0 Å². The van der Waals surface area contributed by atoms with E-state index in [9.17, 15) is 9.59 Å². The normalized spacial score (nSPS) is 14.6. The first-order valence-electron chi connectivity index (χ1n) is 10.6. The van der Waals surface area contributed by atoms with Gasteiger partial charge in [-0.15, -0.1) is 0 Å². The number of esters is 1. The Hall–Kier alpha value is -4.11. The van der Waals surface area contributed by atoms with E-state index < -0.39 is 5.97 Å². The minimum Gasteiger partial charge on any atom is -0.497 e. The molecule has 0 spiro atoms. The molecule has 180 valence electrons. The molecule has 1 aliphatic rings. The Labute approximate surface area is 208 Å². The molecule has 0 saturated carbocycles. The first kappa shape index (κ1) is 24.0. The molecule has 0 aliphatic carbocycles. The molecule has 3 aromatic rings. The highest BCUT2D eigenvalue weighted by Crippen LogP contribution is 2.36. The van der Waals surface area contributed by atoms with Crippen LogP contribution < -0.4 is 19.1 Å². The summed E-state index contributed by atoms with van der Waals surface area (Å²) in [6.45, 7) is -0.226. The second-order valence-electron chi connectivity index (χ2n) is 7.58. The Morgan fingerprint density at radius 1 is 0.914 bits per heavy atom. The number of carbonyl (C=O) groups is 2. The summed E-state index contributed by atoms with van der Waals surface area (Å²) >= 11 is 5.64. The van der Waals surface area contributed by atoms with E-state index in [1.807, 2.05) is 30.3 Å². The molecule has 1 heterocycles. The number of thiocarbonyl (C=S) groups is 1. The molecule has 0 aromatic heterocycles. The summed E-state index contributed by atoms with van der Waals surface area (Å²) in [5.74, 6) is 0.936. The fraction of sp³-hybridized carbons (Fsp3) is 0.192. The van der Waals surface area contributed by atoms with Crippen LogP contribution in [0.2, 0.25) is 0 Å². The molecule has 1 aliphatic heterocycles. The summed E-state index contributed by atoms with van der Waals surface area (Å²) in [5.41, 5.74) is 1.41. The number of fused-ring (bicyclic) bond motifs is 1. The van der Waals surface area contributed by atoms with Crippen LogP contribution in [0.1, 0.15) is 5.56 Å². The van der Waals surface area contributed by atoms with Crippen molar-refractivity contribution in [3.05, 3.63) is 65.9 Å². The molecule has 0 bridgehead atoms. The zero-order valence-electron chi connectivity index (χ0n) is 19.7. The number of anilines is 1. The highest BCUT2D eigenvalue weighted by Gasteiger charge is 2.40. The Bertz CT molecular complexity index is 1330. The quantitative estimate of drug-likeness (QED) is 0.278. The Morgan fingerprint density at radius 2 is 1.57 bits per heavy atom. The van der Waals surface area contributed by atoms with Gasteiger partial charge in [0.2, 0.25) is 0 Å². The number of rotatable bonds is 7. The van der Waals surface area contributed by atoms with Crippen LogP contribution >= 0.6 is 12.2 Å². The number of methoxy groups -OCH3 is 4.